The third-order valence-electron chi connectivity index (χ3n) is 1.32. The normalized spacial score (nSPS) is 17.0. The first-order chi connectivity index (χ1) is 5.52. The van der Waals surface area contributed by atoms with Crippen molar-refractivity contribution in [3.8, 4) is 0 Å². The second kappa shape index (κ2) is 2.95. The highest BCUT2D eigenvalue weighted by Crippen LogP contribution is 2.14. The van der Waals surface area contributed by atoms with Gasteiger partial charge in [0.05, 0.1) is 4.86 Å². The van der Waals surface area contributed by atoms with E-state index < -0.39 is 10.3 Å². The van der Waals surface area contributed by atoms with E-state index in [1.54, 1.807) is 0 Å². The van der Waals surface area contributed by atoms with Crippen LogP contribution in [0.3, 0.4) is 0 Å². The Labute approximate surface area is 73.4 Å². The van der Waals surface area contributed by atoms with E-state index in [1.807, 2.05) is 0 Å². The SMILES string of the molecule is C=C1[C-]=C([CH2+])[C-]=C([CH2+])C1=S(=O)=O. The van der Waals surface area contributed by atoms with E-state index in [4.69, 9.17) is 0 Å². The maximum atomic E-state index is 10.6. The Morgan fingerprint density at radius 2 is 1.83 bits per heavy atom. The molecule has 3 heteroatoms. The summed E-state index contributed by atoms with van der Waals surface area (Å²) in [6.07, 6.45) is 5.30. The highest BCUT2D eigenvalue weighted by Gasteiger charge is 2.09. The lowest BCUT2D eigenvalue weighted by molar-refractivity contribution is 0.627. The molecule has 0 saturated heterocycles. The van der Waals surface area contributed by atoms with Gasteiger partial charge in [-0.05, 0) is 11.6 Å². The molecule has 0 aromatic rings. The van der Waals surface area contributed by atoms with Crippen molar-refractivity contribution in [2.24, 2.45) is 0 Å². The van der Waals surface area contributed by atoms with Crippen molar-refractivity contribution in [1.82, 2.24) is 0 Å². The average Bonchev–Trinajstić information content (AvgIpc) is 1.82. The summed E-state index contributed by atoms with van der Waals surface area (Å²) in [6.45, 7) is 10.6. The minimum atomic E-state index is -2.33. The van der Waals surface area contributed by atoms with Crippen LogP contribution in [0.4, 0.5) is 0 Å². The van der Waals surface area contributed by atoms with Gasteiger partial charge in [-0.25, -0.2) is 0 Å². The molecule has 60 valence electrons. The van der Waals surface area contributed by atoms with Gasteiger partial charge in [0.1, 0.15) is 0 Å². The molecule has 0 N–H and O–H groups in total. The van der Waals surface area contributed by atoms with Gasteiger partial charge in [0, 0.05) is 0 Å². The molecule has 0 fully saturated rings. The molecule has 1 aliphatic carbocycles. The van der Waals surface area contributed by atoms with Crippen molar-refractivity contribution in [1.29, 1.82) is 0 Å². The van der Waals surface area contributed by atoms with E-state index in [1.165, 1.54) is 0 Å². The zero-order valence-electron chi connectivity index (χ0n) is 6.35. The second-order valence-corrected chi connectivity index (χ2v) is 3.13. The number of allylic oxidation sites excluding steroid dienone is 5. The van der Waals surface area contributed by atoms with E-state index in [0.717, 1.165) is 0 Å². The molecule has 0 atom stereocenters. The van der Waals surface area contributed by atoms with Crippen molar-refractivity contribution in [3.05, 3.63) is 49.3 Å². The lowest BCUT2D eigenvalue weighted by atomic mass is 9.98. The molecule has 0 saturated carbocycles. The second-order valence-electron chi connectivity index (χ2n) is 2.25. The average molecular weight is 178 g/mol. The van der Waals surface area contributed by atoms with Gasteiger partial charge in [0.2, 0.25) is 10.3 Å². The fourth-order valence-corrected chi connectivity index (χ4v) is 1.40. The van der Waals surface area contributed by atoms with E-state index in [9.17, 15) is 8.42 Å². The Balaban J connectivity index is 3.41. The van der Waals surface area contributed by atoms with Gasteiger partial charge in [-0.2, -0.15) is 8.42 Å². The summed E-state index contributed by atoms with van der Waals surface area (Å²) in [4.78, 5) is 0.0578. The van der Waals surface area contributed by atoms with Crippen molar-refractivity contribution in [3.63, 3.8) is 0 Å². The topological polar surface area (TPSA) is 34.1 Å². The predicted molar refractivity (Wildman–Crippen MR) is 47.3 cm³/mol. The minimum Gasteiger partial charge on any atom is -0.184 e. The van der Waals surface area contributed by atoms with E-state index in [2.05, 4.69) is 32.6 Å². The summed E-state index contributed by atoms with van der Waals surface area (Å²) in [5.74, 6) is 0. The Bertz CT molecular complexity index is 411. The van der Waals surface area contributed by atoms with Gasteiger partial charge in [-0.3, -0.25) is 0 Å². The van der Waals surface area contributed by atoms with Gasteiger partial charge in [0.25, 0.3) is 0 Å². The summed E-state index contributed by atoms with van der Waals surface area (Å²) < 4.78 is 21.2. The molecular formula is C9H6O2S. The number of hydrogen-bond acceptors (Lipinski definition) is 2. The van der Waals surface area contributed by atoms with Crippen LogP contribution in [0.25, 0.3) is 0 Å². The van der Waals surface area contributed by atoms with Gasteiger partial charge >= 0.3 is 0 Å². The largest absolute Gasteiger partial charge is 0.221 e. The lowest BCUT2D eigenvalue weighted by Crippen LogP contribution is -2.08. The van der Waals surface area contributed by atoms with E-state index in [-0.39, 0.29) is 16.0 Å². The van der Waals surface area contributed by atoms with E-state index >= 15 is 0 Å². The van der Waals surface area contributed by atoms with Crippen molar-refractivity contribution in [2.75, 3.05) is 0 Å². The maximum Gasteiger partial charge on any atom is 0.221 e. The minimum absolute atomic E-state index is 0.0578. The molecule has 12 heavy (non-hydrogen) atoms. The molecule has 1 aliphatic rings. The molecular weight excluding hydrogens is 172 g/mol. The molecule has 0 amide bonds. The molecule has 0 aliphatic heterocycles. The predicted octanol–water partition coefficient (Wildman–Crippen LogP) is 0.735. The zero-order valence-corrected chi connectivity index (χ0v) is 7.16. The molecule has 1 rings (SSSR count). The summed E-state index contributed by atoms with van der Waals surface area (Å²) >= 11 is 0. The van der Waals surface area contributed by atoms with Crippen LogP contribution in [0.15, 0.2) is 23.3 Å². The van der Waals surface area contributed by atoms with Gasteiger partial charge in [0.15, 0.2) is 0 Å². The Morgan fingerprint density at radius 3 is 2.25 bits per heavy atom. The van der Waals surface area contributed by atoms with Crippen LogP contribution in [0.2, 0.25) is 0 Å². The van der Waals surface area contributed by atoms with Crippen LogP contribution in [0.1, 0.15) is 0 Å². The Morgan fingerprint density at radius 1 is 1.25 bits per heavy atom. The van der Waals surface area contributed by atoms with Crippen LogP contribution in [0, 0.1) is 26.0 Å². The monoisotopic (exact) mass is 178 g/mol. The third-order valence-corrected chi connectivity index (χ3v) is 2.14. The lowest BCUT2D eigenvalue weighted by Gasteiger charge is -2.11. The Kier molecular flexibility index (Phi) is 2.15. The first-order valence-electron chi connectivity index (χ1n) is 3.10. The summed E-state index contributed by atoms with van der Waals surface area (Å²) in [5.41, 5.74) is 1.05. The molecule has 0 heterocycles. The number of hydrogen-bond donors (Lipinski definition) is 0. The van der Waals surface area contributed by atoms with Gasteiger partial charge < -0.3 is 0 Å². The van der Waals surface area contributed by atoms with Crippen LogP contribution in [-0.4, -0.2) is 13.3 Å². The van der Waals surface area contributed by atoms with Gasteiger partial charge in [-0.1, -0.05) is 18.1 Å². The summed E-state index contributed by atoms with van der Waals surface area (Å²) in [7, 11) is -2.33. The fourth-order valence-electron chi connectivity index (χ4n) is 0.892. The molecule has 0 unspecified atom stereocenters. The highest BCUT2D eigenvalue weighted by molar-refractivity contribution is 7.74. The third kappa shape index (κ3) is 1.46. The molecule has 2 nitrogen and oxygen atoms in total. The zero-order chi connectivity index (χ0) is 9.30. The van der Waals surface area contributed by atoms with Crippen LogP contribution in [0.5, 0.6) is 0 Å². The van der Waals surface area contributed by atoms with Crippen molar-refractivity contribution in [2.45, 2.75) is 0 Å². The van der Waals surface area contributed by atoms with Gasteiger partial charge in [-0.15, -0.1) is 19.6 Å². The first-order valence-corrected chi connectivity index (χ1v) is 4.17. The standard InChI is InChI=1S/C9H6O2S/c1-6-4-7(2)9(12(10)11)8(3)5-6/h1-3H2. The molecule has 0 aromatic carbocycles. The van der Waals surface area contributed by atoms with Crippen LogP contribution >= 0.6 is 0 Å². The molecule has 0 bridgehead atoms. The van der Waals surface area contributed by atoms with Crippen molar-refractivity contribution < 1.29 is 8.42 Å². The summed E-state index contributed by atoms with van der Waals surface area (Å²) in [6, 6.07) is 0. The summed E-state index contributed by atoms with van der Waals surface area (Å²) in [5, 5.41) is 0. The first kappa shape index (κ1) is 8.74. The van der Waals surface area contributed by atoms with E-state index in [0.29, 0.717) is 5.57 Å². The smallest absolute Gasteiger partial charge is 0.184 e. The Hall–Kier alpha value is -1.35. The van der Waals surface area contributed by atoms with Crippen molar-refractivity contribution >= 4 is 15.2 Å². The molecule has 0 spiro atoms. The fraction of sp³-hybridized carbons (Fsp3) is 0. The number of rotatable bonds is 0. The molecule has 0 aromatic heterocycles. The van der Waals surface area contributed by atoms with Crippen LogP contribution < -0.4 is 0 Å². The van der Waals surface area contributed by atoms with Crippen LogP contribution in [-0.2, 0) is 10.3 Å². The highest BCUT2D eigenvalue weighted by atomic mass is 32.2. The maximum absolute atomic E-state index is 10.6. The molecule has 0 radical (unpaired) electrons. The quantitative estimate of drug-likeness (QED) is 0.311.